The van der Waals surface area contributed by atoms with E-state index < -0.39 is 44.5 Å². The van der Waals surface area contributed by atoms with Crippen LogP contribution in [0.1, 0.15) is 6.23 Å². The first-order chi connectivity index (χ1) is 10.8. The van der Waals surface area contributed by atoms with Crippen LogP contribution < -0.4 is 74.5 Å². The second kappa shape index (κ2) is 11.4. The molecule has 7 N–H and O–H groups in total. The molecule has 0 spiro atoms. The fourth-order valence-electron chi connectivity index (χ4n) is 2.31. The molecule has 142 valence electrons. The van der Waals surface area contributed by atoms with Crippen molar-refractivity contribution in [3.8, 4) is 0 Å². The number of fused-ring (bicyclic) bond motifs is 1. The Hall–Kier alpha value is 0.260. The summed E-state index contributed by atoms with van der Waals surface area (Å²) in [5, 5.41) is 19.9. The van der Waals surface area contributed by atoms with Gasteiger partial charge in [0.15, 0.2) is 17.4 Å². The van der Waals surface area contributed by atoms with Crippen molar-refractivity contribution < 1.29 is 104 Å². The summed E-state index contributed by atoms with van der Waals surface area (Å²) in [6.45, 7) is -0.750. The molecule has 1 fully saturated rings. The third-order valence-corrected chi connectivity index (χ3v) is 3.84. The zero-order valence-corrected chi connectivity index (χ0v) is 19.2. The van der Waals surface area contributed by atoms with Crippen molar-refractivity contribution in [3.05, 3.63) is 23.0 Å². The van der Waals surface area contributed by atoms with E-state index in [4.69, 9.17) is 4.74 Å². The van der Waals surface area contributed by atoms with Crippen LogP contribution in [0.5, 0.6) is 0 Å². The van der Waals surface area contributed by atoms with Gasteiger partial charge in [-0.25, -0.2) is 9.97 Å². The second-order valence-corrected chi connectivity index (χ2v) is 6.00. The number of rotatable bonds is 4. The number of aliphatic hydroxyl groups excluding tert-OH is 2. The maximum Gasteiger partial charge on any atom is 1.00 e. The summed E-state index contributed by atoms with van der Waals surface area (Å²) < 4.78 is 21.1. The molecule has 0 amide bonds. The van der Waals surface area contributed by atoms with Gasteiger partial charge in [0.05, 0.1) is 27.1 Å². The number of phosphoric ester groups is 1. The second-order valence-electron chi connectivity index (χ2n) is 4.84. The topological polar surface area (TPSA) is 249 Å². The van der Waals surface area contributed by atoms with Gasteiger partial charge in [-0.2, -0.15) is 0 Å². The van der Waals surface area contributed by atoms with Gasteiger partial charge in [0.2, 0.25) is 0 Å². The van der Waals surface area contributed by atoms with E-state index in [-0.39, 0.29) is 81.2 Å². The minimum Gasteiger partial charge on any atom is -0.790 e. The van der Waals surface area contributed by atoms with E-state index >= 15 is 0 Å². The first-order valence-corrected chi connectivity index (χ1v) is 7.82. The number of ether oxygens (including phenoxy) is 1. The molecule has 14 nitrogen and oxygen atoms in total. The molecule has 27 heavy (non-hydrogen) atoms. The SMILES string of the molecule is O.O.O=c1[nH]cnc2c1ncn2[C@@H]1O[C@H](COP(=O)([O-])[O-])[C@@H](O)[C@H]1O.[Na+].[Na+]. The fraction of sp³-hybridized carbons (Fsp3) is 0.500. The minimum atomic E-state index is -5.24. The Kier molecular flexibility index (Phi) is 12.5. The van der Waals surface area contributed by atoms with Gasteiger partial charge < -0.3 is 49.8 Å². The zero-order chi connectivity index (χ0) is 16.8. The van der Waals surface area contributed by atoms with Crippen molar-refractivity contribution in [1.82, 2.24) is 19.5 Å². The van der Waals surface area contributed by atoms with Crippen LogP contribution in [0.15, 0.2) is 17.4 Å². The van der Waals surface area contributed by atoms with Crippen LogP contribution in [-0.2, 0) is 13.8 Å². The van der Waals surface area contributed by atoms with E-state index in [1.807, 2.05) is 0 Å². The number of phosphoric acid groups is 1. The molecular weight excluding hydrogens is 413 g/mol. The molecule has 17 heteroatoms. The number of nitrogens with one attached hydrogen (secondary N) is 1. The molecule has 2 aromatic rings. The maximum absolute atomic E-state index is 11.6. The molecule has 1 aliphatic heterocycles. The van der Waals surface area contributed by atoms with Crippen molar-refractivity contribution >= 4 is 19.0 Å². The molecule has 1 aliphatic rings. The van der Waals surface area contributed by atoms with Gasteiger partial charge in [-0.05, 0) is 0 Å². The van der Waals surface area contributed by atoms with Crippen LogP contribution in [0.25, 0.3) is 11.2 Å². The number of aromatic nitrogens is 4. The Morgan fingerprint density at radius 1 is 1.26 bits per heavy atom. The van der Waals surface area contributed by atoms with Crippen LogP contribution in [0.2, 0.25) is 0 Å². The van der Waals surface area contributed by atoms with E-state index in [9.17, 15) is 29.4 Å². The summed E-state index contributed by atoms with van der Waals surface area (Å²) in [5.74, 6) is 0. The van der Waals surface area contributed by atoms with Crippen molar-refractivity contribution in [2.45, 2.75) is 24.5 Å². The van der Waals surface area contributed by atoms with E-state index in [1.165, 1.54) is 10.9 Å². The molecule has 0 radical (unpaired) electrons. The smallest absolute Gasteiger partial charge is 0.790 e. The van der Waals surface area contributed by atoms with E-state index in [2.05, 4.69) is 19.5 Å². The molecule has 3 heterocycles. The summed E-state index contributed by atoms with van der Waals surface area (Å²) in [5.41, 5.74) is -0.397. The van der Waals surface area contributed by atoms with Gasteiger partial charge in [0.1, 0.15) is 18.3 Å². The Balaban J connectivity index is 0. The van der Waals surface area contributed by atoms with Gasteiger partial charge in [0.25, 0.3) is 5.56 Å². The van der Waals surface area contributed by atoms with Crippen LogP contribution in [0, 0.1) is 0 Å². The molecule has 4 atom stereocenters. The molecule has 0 bridgehead atoms. The van der Waals surface area contributed by atoms with Gasteiger partial charge >= 0.3 is 59.1 Å². The third kappa shape index (κ3) is 6.37. The van der Waals surface area contributed by atoms with Crippen molar-refractivity contribution in [2.75, 3.05) is 6.61 Å². The molecule has 3 rings (SSSR count). The van der Waals surface area contributed by atoms with Crippen molar-refractivity contribution in [2.24, 2.45) is 0 Å². The third-order valence-electron chi connectivity index (χ3n) is 3.37. The number of H-pyrrole nitrogens is 1. The summed E-state index contributed by atoms with van der Waals surface area (Å²) in [7, 11) is -5.24. The molecular formula is C10H15N4Na2O10P. The number of aliphatic hydroxyl groups is 2. The zero-order valence-electron chi connectivity index (χ0n) is 14.3. The Labute approximate surface area is 195 Å². The van der Waals surface area contributed by atoms with Crippen LogP contribution in [0.4, 0.5) is 0 Å². The quantitative estimate of drug-likeness (QED) is 0.306. The fourth-order valence-corrected chi connectivity index (χ4v) is 2.64. The van der Waals surface area contributed by atoms with Gasteiger partial charge in [-0.15, -0.1) is 0 Å². The molecule has 0 aliphatic carbocycles. The molecule has 0 aromatic carbocycles. The first kappa shape index (κ1) is 29.5. The average Bonchev–Trinajstić information content (AvgIpc) is 3.01. The summed E-state index contributed by atoms with van der Waals surface area (Å²) in [6, 6.07) is 0. The molecule has 0 unspecified atom stereocenters. The maximum atomic E-state index is 11.6. The van der Waals surface area contributed by atoms with Crippen LogP contribution in [0.3, 0.4) is 0 Å². The Bertz CT molecular complexity index is 828. The largest absolute Gasteiger partial charge is 1.00 e. The molecule has 2 aromatic heterocycles. The van der Waals surface area contributed by atoms with E-state index in [1.54, 1.807) is 0 Å². The van der Waals surface area contributed by atoms with E-state index in [0.717, 1.165) is 6.33 Å². The summed E-state index contributed by atoms with van der Waals surface area (Å²) >= 11 is 0. The van der Waals surface area contributed by atoms with Gasteiger partial charge in [-0.3, -0.25) is 9.36 Å². The van der Waals surface area contributed by atoms with Crippen molar-refractivity contribution in [3.63, 3.8) is 0 Å². The average molecular weight is 428 g/mol. The predicted octanol–water partition coefficient (Wildman–Crippen LogP) is -11.1. The van der Waals surface area contributed by atoms with Crippen LogP contribution >= 0.6 is 7.82 Å². The standard InChI is InChI=1S/C10H13N4O8P.2Na.2H2O/c15-6-4(1-21-23(18,19)20)22-10(7(6)16)14-3-13-5-8(14)11-2-12-9(5)17;;;;/h2-4,6-7,10,15-16H,1H2,(H,11,12,17)(H2,18,19,20);;;2*1H2/q;2*+1;;/p-2/t4-,6-,7-,10-;;;;/m1..../s1. The van der Waals surface area contributed by atoms with Crippen LogP contribution in [-0.4, -0.2) is 65.6 Å². The van der Waals surface area contributed by atoms with Crippen molar-refractivity contribution in [1.29, 1.82) is 0 Å². The molecule has 1 saturated heterocycles. The van der Waals surface area contributed by atoms with E-state index in [0.29, 0.717) is 0 Å². The number of nitrogens with zero attached hydrogens (tertiary/aromatic N) is 3. The summed E-state index contributed by atoms with van der Waals surface area (Å²) in [4.78, 5) is 42.6. The number of hydrogen-bond donors (Lipinski definition) is 3. The predicted molar refractivity (Wildman–Crippen MR) is 74.9 cm³/mol. The number of aromatic amines is 1. The monoisotopic (exact) mass is 428 g/mol. The normalized spacial score (nSPS) is 24.3. The Morgan fingerprint density at radius 3 is 2.48 bits per heavy atom. The van der Waals surface area contributed by atoms with Gasteiger partial charge in [0, 0.05) is 0 Å². The molecule has 0 saturated carbocycles. The minimum absolute atomic E-state index is 0. The Morgan fingerprint density at radius 2 is 1.89 bits per heavy atom. The number of hydrogen-bond acceptors (Lipinski definition) is 10. The summed E-state index contributed by atoms with van der Waals surface area (Å²) in [6.07, 6.45) is -3.11. The first-order valence-electron chi connectivity index (χ1n) is 6.36. The van der Waals surface area contributed by atoms with Gasteiger partial charge in [-0.1, -0.05) is 0 Å². The number of imidazole rings is 1.